The summed E-state index contributed by atoms with van der Waals surface area (Å²) in [5.74, 6) is -102. The topological polar surface area (TPSA) is 46.6 Å². The summed E-state index contributed by atoms with van der Waals surface area (Å²) in [4.78, 5) is 24.4. The van der Waals surface area contributed by atoms with Crippen LogP contribution in [0.15, 0.2) is 24.3 Å². The standard InChI is InChI=1S/C28H11F34NO3/c29-13(25(51,52)53,15(31,32)17(35,36)19(39,40)21(43,44)23(47,48)27(57,58)59)12(66-7-3-6-63-10(64)8-4-1-2-5-9(8)11(63)65)14(30,26(54,55)56)16(33,34)18(37,38)20(41,42)22(45,46)24(49,50)28(60,61)62/h1-2,4-5,12H,3,6-7H2. The number of nitrogens with zero attached hydrogens (tertiary/aromatic N) is 1. The molecule has 0 bridgehead atoms. The highest BCUT2D eigenvalue weighted by Crippen LogP contribution is 2.70. The predicted molar refractivity (Wildman–Crippen MR) is 138 cm³/mol. The first-order chi connectivity index (χ1) is 28.5. The number of alkyl halides is 34. The Bertz CT molecular complexity index is 1840. The number of ether oxygens (including phenoxy) is 1. The quantitative estimate of drug-likeness (QED) is 0.0887. The van der Waals surface area contributed by atoms with E-state index in [1.165, 1.54) is 0 Å². The third-order valence-electron chi connectivity index (χ3n) is 9.02. The predicted octanol–water partition coefficient (Wildman–Crippen LogP) is 12.1. The molecule has 0 radical (unpaired) electrons. The van der Waals surface area contributed by atoms with Crippen molar-refractivity contribution >= 4 is 11.8 Å². The molecule has 0 aliphatic carbocycles. The van der Waals surface area contributed by atoms with Crippen LogP contribution >= 0.6 is 0 Å². The summed E-state index contributed by atoms with van der Waals surface area (Å²) in [6, 6.07) is 3.11. The molecular weight excluding hydrogens is 1040 g/mol. The maximum atomic E-state index is 16.0. The van der Waals surface area contributed by atoms with E-state index in [9.17, 15) is 133 Å². The number of hydrogen-bond acceptors (Lipinski definition) is 3. The third kappa shape index (κ3) is 7.38. The van der Waals surface area contributed by atoms with Gasteiger partial charge in [-0.1, -0.05) is 12.1 Å². The van der Waals surface area contributed by atoms with Crippen molar-refractivity contribution < 1.29 is 164 Å². The molecule has 0 saturated heterocycles. The van der Waals surface area contributed by atoms with Gasteiger partial charge in [0, 0.05) is 13.2 Å². The molecule has 2 rings (SSSR count). The smallest absolute Gasteiger partial charge is 0.370 e. The van der Waals surface area contributed by atoms with Crippen LogP contribution in [0.3, 0.4) is 0 Å². The molecule has 1 heterocycles. The second-order valence-electron chi connectivity index (χ2n) is 13.1. The third-order valence-corrected chi connectivity index (χ3v) is 9.02. The molecule has 0 N–H and O–H groups in total. The van der Waals surface area contributed by atoms with E-state index in [0.29, 0.717) is 12.1 Å². The Kier molecular flexibility index (Phi) is 13.8. The Labute approximate surface area is 337 Å². The van der Waals surface area contributed by atoms with Crippen LogP contribution in [0.4, 0.5) is 149 Å². The van der Waals surface area contributed by atoms with E-state index >= 15 is 26.3 Å². The van der Waals surface area contributed by atoms with Crippen LogP contribution in [0.2, 0.25) is 0 Å². The Morgan fingerprint density at radius 2 is 0.606 bits per heavy atom. The molecule has 2 unspecified atom stereocenters. The monoisotopic (exact) mass is 1060 g/mol. The summed E-state index contributed by atoms with van der Waals surface area (Å²) in [5, 5.41) is 0. The maximum Gasteiger partial charge on any atom is 0.460 e. The second kappa shape index (κ2) is 15.7. The highest BCUT2D eigenvalue weighted by atomic mass is 19.5. The first-order valence-corrected chi connectivity index (χ1v) is 15.5. The van der Waals surface area contributed by atoms with Crippen LogP contribution in [-0.4, -0.2) is 131 Å². The Morgan fingerprint density at radius 1 is 0.364 bits per heavy atom. The van der Waals surface area contributed by atoms with Crippen molar-refractivity contribution in [2.75, 3.05) is 13.2 Å². The van der Waals surface area contributed by atoms with Gasteiger partial charge in [-0.05, 0) is 18.6 Å². The summed E-state index contributed by atoms with van der Waals surface area (Å²) in [5.41, 5.74) is -21.7. The van der Waals surface area contributed by atoms with Gasteiger partial charge >= 0.3 is 95.3 Å². The van der Waals surface area contributed by atoms with Gasteiger partial charge in [-0.25, -0.2) is 8.78 Å². The summed E-state index contributed by atoms with van der Waals surface area (Å²) < 4.78 is 480. The van der Waals surface area contributed by atoms with E-state index in [1.54, 1.807) is 0 Å². The van der Waals surface area contributed by atoms with E-state index in [-0.39, 0.29) is 0 Å². The SMILES string of the molecule is O=C1c2ccccc2C(=O)N1CCCOC(C(F)(C(F)(F)F)C(F)(F)C(F)(F)C(F)(F)C(F)(F)C(F)(F)C(F)(F)F)C(F)(C(F)(F)F)C(F)(F)C(F)(F)C(F)(F)C(F)(F)C(F)(F)C(F)(F)F. The number of rotatable bonds is 17. The van der Waals surface area contributed by atoms with E-state index < -0.39 is 149 Å². The van der Waals surface area contributed by atoms with E-state index in [4.69, 9.17) is 0 Å². The minimum absolute atomic E-state index is 0.416. The molecule has 1 aromatic rings. The van der Waals surface area contributed by atoms with Gasteiger partial charge in [-0.15, -0.1) is 0 Å². The molecule has 1 aliphatic rings. The summed E-state index contributed by atoms with van der Waals surface area (Å²) in [6.07, 6.45) is -46.9. The zero-order chi connectivity index (χ0) is 53.1. The van der Waals surface area contributed by atoms with Gasteiger partial charge in [-0.2, -0.15) is 140 Å². The zero-order valence-electron chi connectivity index (χ0n) is 29.5. The lowest BCUT2D eigenvalue weighted by atomic mass is 9.71. The molecular formula is C28H11F34NO3. The number of carbonyl (C=O) groups excluding carboxylic acids is 2. The van der Waals surface area contributed by atoms with Crippen LogP contribution in [0.25, 0.3) is 0 Å². The molecule has 1 aliphatic heterocycles. The van der Waals surface area contributed by atoms with E-state index in [2.05, 4.69) is 4.74 Å². The molecule has 1 aromatic carbocycles. The van der Waals surface area contributed by atoms with Gasteiger partial charge in [-0.3, -0.25) is 14.5 Å². The van der Waals surface area contributed by atoms with Gasteiger partial charge in [0.25, 0.3) is 11.8 Å². The largest absolute Gasteiger partial charge is 0.460 e. The molecule has 384 valence electrons. The fourth-order valence-electron chi connectivity index (χ4n) is 5.35. The van der Waals surface area contributed by atoms with Crippen LogP contribution in [0, 0.1) is 0 Å². The van der Waals surface area contributed by atoms with Crippen molar-refractivity contribution in [1.82, 2.24) is 4.90 Å². The van der Waals surface area contributed by atoms with Crippen LogP contribution in [-0.2, 0) is 4.74 Å². The molecule has 2 amide bonds. The number of carbonyl (C=O) groups is 2. The molecule has 0 fully saturated rings. The Balaban J connectivity index is 3.22. The van der Waals surface area contributed by atoms with Crippen molar-refractivity contribution in [1.29, 1.82) is 0 Å². The molecule has 2 atom stereocenters. The number of amides is 2. The minimum atomic E-state index is -10.3. The van der Waals surface area contributed by atoms with Crippen LogP contribution in [0.5, 0.6) is 0 Å². The summed E-state index contributed by atoms with van der Waals surface area (Å²) in [7, 11) is 0. The first kappa shape index (κ1) is 58.1. The van der Waals surface area contributed by atoms with Gasteiger partial charge in [0.2, 0.25) is 0 Å². The molecule has 4 nitrogen and oxygen atoms in total. The molecule has 38 heteroatoms. The second-order valence-corrected chi connectivity index (χ2v) is 13.1. The van der Waals surface area contributed by atoms with Gasteiger partial charge in [0.1, 0.15) is 0 Å². The lowest BCUT2D eigenvalue weighted by molar-refractivity contribution is -0.484. The minimum Gasteiger partial charge on any atom is -0.370 e. The molecule has 66 heavy (non-hydrogen) atoms. The number of hydrogen-bond donors (Lipinski definition) is 0. The van der Waals surface area contributed by atoms with Crippen LogP contribution in [0.1, 0.15) is 27.1 Å². The van der Waals surface area contributed by atoms with Crippen molar-refractivity contribution in [2.45, 2.75) is 108 Å². The first-order valence-electron chi connectivity index (χ1n) is 15.5. The number of imide groups is 1. The van der Waals surface area contributed by atoms with Crippen molar-refractivity contribution in [3.63, 3.8) is 0 Å². The highest BCUT2D eigenvalue weighted by molar-refractivity contribution is 6.21. The Hall–Kier alpha value is -4.06. The average molecular weight is 1060 g/mol. The summed E-state index contributed by atoms with van der Waals surface area (Å²) in [6.45, 7) is -5.41. The maximum absolute atomic E-state index is 16.0. The van der Waals surface area contributed by atoms with Gasteiger partial charge < -0.3 is 4.74 Å². The van der Waals surface area contributed by atoms with Gasteiger partial charge in [0.05, 0.1) is 11.1 Å². The van der Waals surface area contributed by atoms with Crippen molar-refractivity contribution in [3.05, 3.63) is 35.4 Å². The lowest BCUT2D eigenvalue weighted by Gasteiger charge is -2.51. The normalized spacial score (nSPS) is 18.9. The molecule has 0 spiro atoms. The number of benzene rings is 1. The van der Waals surface area contributed by atoms with E-state index in [0.717, 1.165) is 12.1 Å². The molecule has 0 aromatic heterocycles. The van der Waals surface area contributed by atoms with Gasteiger partial charge in [0.15, 0.2) is 6.10 Å². The van der Waals surface area contributed by atoms with Crippen LogP contribution < -0.4 is 0 Å². The number of halogens is 34. The highest BCUT2D eigenvalue weighted by Gasteiger charge is 3.01. The lowest BCUT2D eigenvalue weighted by Crippen LogP contribution is -2.84. The average Bonchev–Trinajstić information content (AvgIpc) is 3.36. The van der Waals surface area contributed by atoms with Crippen molar-refractivity contribution in [2.24, 2.45) is 0 Å². The zero-order valence-corrected chi connectivity index (χ0v) is 29.5. The van der Waals surface area contributed by atoms with E-state index in [1.807, 2.05) is 0 Å². The van der Waals surface area contributed by atoms with Crippen molar-refractivity contribution in [3.8, 4) is 0 Å². The molecule has 0 saturated carbocycles. The fourth-order valence-corrected chi connectivity index (χ4v) is 5.35. The summed E-state index contributed by atoms with van der Waals surface area (Å²) >= 11 is 0. The number of fused-ring (bicyclic) bond motifs is 1. The fraction of sp³-hybridized carbons (Fsp3) is 0.714. The Morgan fingerprint density at radius 3 is 0.848 bits per heavy atom.